The van der Waals surface area contributed by atoms with Crippen molar-refractivity contribution in [2.45, 2.75) is 0 Å². The second kappa shape index (κ2) is 24.5. The molecule has 0 aliphatic rings. The molecule has 3 nitrogen and oxygen atoms in total. The average Bonchev–Trinajstić information content (AvgIpc) is 3.37. The molecule has 0 saturated carbocycles. The molecular weight excluding hydrogens is 793 g/mol. The molecule has 0 saturated heterocycles. The molecule has 0 atom stereocenters. The maximum Gasteiger partial charge on any atom is 0.135 e. The molecular formula is C62H52O3. The van der Waals surface area contributed by atoms with E-state index in [0.717, 1.165) is 78.3 Å². The van der Waals surface area contributed by atoms with Gasteiger partial charge in [0.25, 0.3) is 0 Å². The Morgan fingerprint density at radius 3 is 0.723 bits per heavy atom. The molecule has 0 aliphatic heterocycles. The summed E-state index contributed by atoms with van der Waals surface area (Å²) in [5, 5.41) is 15.2. The third-order valence-corrected chi connectivity index (χ3v) is 10.4. The van der Waals surface area contributed by atoms with Crippen LogP contribution in [0.4, 0.5) is 0 Å². The number of rotatable bonds is 15. The lowest BCUT2D eigenvalue weighted by Gasteiger charge is -2.18. The van der Waals surface area contributed by atoms with Gasteiger partial charge in [-0.2, -0.15) is 0 Å². The van der Waals surface area contributed by atoms with Crippen LogP contribution in [-0.2, 0) is 0 Å². The van der Waals surface area contributed by atoms with E-state index >= 15 is 0 Å². The second-order valence-electron chi connectivity index (χ2n) is 15.0. The molecule has 3 heteroatoms. The van der Waals surface area contributed by atoms with Gasteiger partial charge in [-0.15, -0.1) is 0 Å². The summed E-state index contributed by atoms with van der Waals surface area (Å²) >= 11 is 0. The lowest BCUT2D eigenvalue weighted by molar-refractivity contribution is 0.186. The summed E-state index contributed by atoms with van der Waals surface area (Å²) in [5.74, 6) is 1.49. The van der Waals surface area contributed by atoms with Crippen LogP contribution in [-0.4, -0.2) is 23.4 Å². The topological polar surface area (TPSA) is 49.7 Å². The smallest absolute Gasteiger partial charge is 0.135 e. The zero-order chi connectivity index (χ0) is 44.7. The Labute approximate surface area is 384 Å². The van der Waals surface area contributed by atoms with Crippen molar-refractivity contribution in [1.82, 2.24) is 0 Å². The number of aliphatic hydroxyl groups is 2. The summed E-state index contributed by atoms with van der Waals surface area (Å²) in [6.07, 6.45) is 26.2. The van der Waals surface area contributed by atoms with Gasteiger partial charge >= 0.3 is 0 Å². The van der Waals surface area contributed by atoms with Crippen molar-refractivity contribution >= 4 is 72.9 Å². The van der Waals surface area contributed by atoms with Crippen molar-refractivity contribution in [3.05, 3.63) is 273 Å². The molecule has 0 aromatic heterocycles. The predicted molar refractivity (Wildman–Crippen MR) is 279 cm³/mol. The van der Waals surface area contributed by atoms with Crippen LogP contribution in [0.2, 0.25) is 0 Å². The van der Waals surface area contributed by atoms with Gasteiger partial charge in [0.15, 0.2) is 0 Å². The van der Waals surface area contributed by atoms with Crippen molar-refractivity contribution in [2.24, 2.45) is 0 Å². The van der Waals surface area contributed by atoms with Crippen LogP contribution < -0.4 is 4.74 Å². The van der Waals surface area contributed by atoms with E-state index in [2.05, 4.69) is 243 Å². The van der Waals surface area contributed by atoms with Gasteiger partial charge in [0.05, 0.1) is 13.2 Å². The Kier molecular flexibility index (Phi) is 17.0. The van der Waals surface area contributed by atoms with Crippen LogP contribution in [0.3, 0.4) is 0 Å². The molecule has 0 amide bonds. The summed E-state index contributed by atoms with van der Waals surface area (Å²) < 4.78 is 7.22. The monoisotopic (exact) mass is 844 g/mol. The molecule has 0 spiro atoms. The molecule has 0 fully saturated rings. The molecule has 0 bridgehead atoms. The molecule has 0 radical (unpaired) electrons. The molecule has 318 valence electrons. The Bertz CT molecular complexity index is 2660. The van der Waals surface area contributed by atoms with Gasteiger partial charge in [0.2, 0.25) is 0 Å². The molecule has 0 heterocycles. The van der Waals surface area contributed by atoms with E-state index in [0.29, 0.717) is 0 Å². The van der Waals surface area contributed by atoms with Gasteiger partial charge in [-0.3, -0.25) is 0 Å². The van der Waals surface area contributed by atoms with E-state index < -0.39 is 0 Å². The highest BCUT2D eigenvalue weighted by Crippen LogP contribution is 2.38. The number of benzene rings is 8. The standard InChI is InChI=1S/C60H46O.C2H6O2/c1-7-19-47(20-8-1)31-37-53-39-45-59(57(43-35-51-27-15-5-16-28-51)55(53)41-33-49-23-11-3-12-24-49)61-60-46-40-54(38-32-48-21-9-2-10-22-48)56(42-34-50-25-13-4-14-26-50)58(60)44-36-52-29-17-6-18-30-52;3-1-2-4/h1-46H;3-4H,1-2H2/b37-31+,38-32+,41-33+,42-34+,43-35+,44-36+;. The minimum absolute atomic E-state index is 0.125. The highest BCUT2D eigenvalue weighted by Gasteiger charge is 2.16. The average molecular weight is 845 g/mol. The fourth-order valence-corrected chi connectivity index (χ4v) is 7.04. The normalized spacial score (nSPS) is 11.6. The van der Waals surface area contributed by atoms with Crippen LogP contribution >= 0.6 is 0 Å². The molecule has 0 unspecified atom stereocenters. The molecule has 2 N–H and O–H groups in total. The Morgan fingerprint density at radius 2 is 0.477 bits per heavy atom. The molecule has 8 aromatic carbocycles. The van der Waals surface area contributed by atoms with Gasteiger partial charge in [-0.05, 0) is 67.8 Å². The minimum Gasteiger partial charge on any atom is -0.456 e. The lowest BCUT2D eigenvalue weighted by atomic mass is 9.95. The first-order chi connectivity index (χ1) is 32.2. The first-order valence-electron chi connectivity index (χ1n) is 21.8. The largest absolute Gasteiger partial charge is 0.456 e. The van der Waals surface area contributed by atoms with Gasteiger partial charge in [-0.1, -0.05) is 267 Å². The zero-order valence-corrected chi connectivity index (χ0v) is 36.3. The van der Waals surface area contributed by atoms with Gasteiger partial charge in [-0.25, -0.2) is 0 Å². The maximum absolute atomic E-state index is 7.62. The molecule has 0 aliphatic carbocycles. The van der Waals surface area contributed by atoms with Gasteiger partial charge in [0.1, 0.15) is 11.5 Å². The van der Waals surface area contributed by atoms with Crippen LogP contribution in [0.1, 0.15) is 66.8 Å². The third-order valence-electron chi connectivity index (χ3n) is 10.4. The van der Waals surface area contributed by atoms with Crippen molar-refractivity contribution in [3.8, 4) is 11.5 Å². The number of aliphatic hydroxyl groups excluding tert-OH is 2. The highest BCUT2D eigenvalue weighted by molar-refractivity contribution is 5.90. The van der Waals surface area contributed by atoms with E-state index in [4.69, 9.17) is 14.9 Å². The number of ether oxygens (including phenoxy) is 1. The van der Waals surface area contributed by atoms with E-state index in [-0.39, 0.29) is 13.2 Å². The van der Waals surface area contributed by atoms with Crippen molar-refractivity contribution in [3.63, 3.8) is 0 Å². The second-order valence-corrected chi connectivity index (χ2v) is 15.0. The summed E-state index contributed by atoms with van der Waals surface area (Å²) in [6, 6.07) is 71.0. The summed E-state index contributed by atoms with van der Waals surface area (Å²) in [6.45, 7) is -0.250. The summed E-state index contributed by atoms with van der Waals surface area (Å²) in [4.78, 5) is 0. The van der Waals surface area contributed by atoms with Crippen LogP contribution in [0.5, 0.6) is 11.5 Å². The fourth-order valence-electron chi connectivity index (χ4n) is 7.04. The Balaban J connectivity index is 0.00000151. The Hall–Kier alpha value is -8.08. The first kappa shape index (κ1) is 45.0. The minimum atomic E-state index is -0.125. The van der Waals surface area contributed by atoms with E-state index in [1.807, 2.05) is 36.4 Å². The first-order valence-corrected chi connectivity index (χ1v) is 21.8. The van der Waals surface area contributed by atoms with Crippen LogP contribution in [0.25, 0.3) is 72.9 Å². The summed E-state index contributed by atoms with van der Waals surface area (Å²) in [5.41, 5.74) is 12.9. The fraction of sp³-hybridized carbons (Fsp3) is 0.0323. The predicted octanol–water partition coefficient (Wildman–Crippen LogP) is 15.5. The van der Waals surface area contributed by atoms with Crippen molar-refractivity contribution in [1.29, 1.82) is 0 Å². The third kappa shape index (κ3) is 13.7. The van der Waals surface area contributed by atoms with E-state index in [9.17, 15) is 0 Å². The van der Waals surface area contributed by atoms with Crippen molar-refractivity contribution < 1.29 is 14.9 Å². The maximum atomic E-state index is 7.62. The van der Waals surface area contributed by atoms with Gasteiger partial charge < -0.3 is 14.9 Å². The SMILES string of the molecule is C(=C\c1ccc(Oc2ccc(/C=C/c3ccccc3)c(/C=C/c3ccccc3)c2/C=C/c2ccccc2)c(/C=C/c2ccccc2)c1/C=C/c1ccccc1)/c1ccccc1.OCCO. The van der Waals surface area contributed by atoms with Crippen molar-refractivity contribution in [2.75, 3.05) is 13.2 Å². The molecule has 8 rings (SSSR count). The van der Waals surface area contributed by atoms with Crippen LogP contribution in [0.15, 0.2) is 206 Å². The Morgan fingerprint density at radius 1 is 0.246 bits per heavy atom. The van der Waals surface area contributed by atoms with Crippen LogP contribution in [0, 0.1) is 0 Å². The number of hydrogen-bond acceptors (Lipinski definition) is 3. The zero-order valence-electron chi connectivity index (χ0n) is 36.3. The quantitative estimate of drug-likeness (QED) is 0.101. The molecule has 65 heavy (non-hydrogen) atoms. The number of hydrogen-bond donors (Lipinski definition) is 2. The lowest BCUT2D eigenvalue weighted by Crippen LogP contribution is -1.97. The highest BCUT2D eigenvalue weighted by atomic mass is 16.5. The van der Waals surface area contributed by atoms with E-state index in [1.54, 1.807) is 0 Å². The molecule has 8 aromatic rings. The van der Waals surface area contributed by atoms with E-state index in [1.165, 1.54) is 0 Å². The summed E-state index contributed by atoms with van der Waals surface area (Å²) in [7, 11) is 0. The van der Waals surface area contributed by atoms with Gasteiger partial charge in [0, 0.05) is 11.1 Å².